The van der Waals surface area contributed by atoms with Gasteiger partial charge >= 0.3 is 0 Å². The normalized spacial score (nSPS) is 12.3. The van der Waals surface area contributed by atoms with E-state index in [9.17, 15) is 0 Å². The van der Waals surface area contributed by atoms with Crippen molar-refractivity contribution in [1.82, 2.24) is 9.78 Å². The molecule has 1 unspecified atom stereocenters. The highest BCUT2D eigenvalue weighted by atomic mass is 79.9. The van der Waals surface area contributed by atoms with Gasteiger partial charge in [-0.2, -0.15) is 5.10 Å². The molecule has 2 heterocycles. The number of nitrogens with two attached hydrogens (primary N) is 1. The quantitative estimate of drug-likeness (QED) is 0.654. The third-order valence-electron chi connectivity index (χ3n) is 3.71. The molecule has 4 nitrogen and oxygen atoms in total. The molecule has 6 heteroatoms. The van der Waals surface area contributed by atoms with Gasteiger partial charge in [0.1, 0.15) is 0 Å². The molecule has 0 fully saturated rings. The molecular formula is C17H19BrN4S. The Morgan fingerprint density at radius 3 is 2.74 bits per heavy atom. The van der Waals surface area contributed by atoms with Crippen LogP contribution in [0.5, 0.6) is 0 Å². The van der Waals surface area contributed by atoms with Crippen LogP contribution in [0.4, 0.5) is 5.00 Å². The Morgan fingerprint density at radius 1 is 1.30 bits per heavy atom. The van der Waals surface area contributed by atoms with Gasteiger partial charge in [0.2, 0.25) is 0 Å². The molecule has 1 aromatic carbocycles. The Hall–Kier alpha value is -1.63. The minimum atomic E-state index is 0.214. The molecule has 1 atom stereocenters. The summed E-state index contributed by atoms with van der Waals surface area (Å²) in [5.41, 5.74) is 8.15. The van der Waals surface area contributed by atoms with Crippen molar-refractivity contribution in [1.29, 1.82) is 0 Å². The second-order valence-electron chi connectivity index (χ2n) is 5.31. The van der Waals surface area contributed by atoms with E-state index in [1.807, 2.05) is 30.1 Å². The molecule has 0 amide bonds. The van der Waals surface area contributed by atoms with Crippen molar-refractivity contribution >= 4 is 32.3 Å². The van der Waals surface area contributed by atoms with Crippen molar-refractivity contribution in [3.63, 3.8) is 0 Å². The van der Waals surface area contributed by atoms with E-state index in [-0.39, 0.29) is 6.04 Å². The first-order chi connectivity index (χ1) is 11.2. The number of thiophene rings is 1. The number of nitrogens with one attached hydrogen (secondary N) is 1. The first-order valence-corrected chi connectivity index (χ1v) is 9.09. The first kappa shape index (κ1) is 16.2. The molecule has 0 radical (unpaired) electrons. The highest BCUT2D eigenvalue weighted by Crippen LogP contribution is 2.40. The van der Waals surface area contributed by atoms with E-state index in [4.69, 9.17) is 5.73 Å². The molecule has 0 aliphatic heterocycles. The van der Waals surface area contributed by atoms with Gasteiger partial charge in [-0.15, -0.1) is 11.3 Å². The summed E-state index contributed by atoms with van der Waals surface area (Å²) in [6.45, 7) is 0.647. The van der Waals surface area contributed by atoms with E-state index in [0.717, 1.165) is 21.6 Å². The summed E-state index contributed by atoms with van der Waals surface area (Å²) < 4.78 is 2.96. The number of rotatable bonds is 6. The summed E-state index contributed by atoms with van der Waals surface area (Å²) in [6.07, 6.45) is 2.70. The number of hydrogen-bond donors (Lipinski definition) is 2. The predicted molar refractivity (Wildman–Crippen MR) is 101 cm³/mol. The van der Waals surface area contributed by atoms with Crippen molar-refractivity contribution in [2.45, 2.75) is 12.5 Å². The summed E-state index contributed by atoms with van der Waals surface area (Å²) in [5.74, 6) is 0. The third-order valence-corrected chi connectivity index (χ3v) is 5.69. The average Bonchev–Trinajstić information content (AvgIpc) is 3.13. The van der Waals surface area contributed by atoms with Crippen LogP contribution < -0.4 is 11.1 Å². The molecule has 3 aromatic rings. The second-order valence-corrected chi connectivity index (χ2v) is 7.22. The minimum Gasteiger partial charge on any atom is -0.370 e. The maximum atomic E-state index is 5.80. The summed E-state index contributed by atoms with van der Waals surface area (Å²) in [4.78, 5) is 1.17. The van der Waals surface area contributed by atoms with Gasteiger partial charge in [-0.25, -0.2) is 0 Å². The van der Waals surface area contributed by atoms with Gasteiger partial charge in [0.05, 0.1) is 21.6 Å². The number of anilines is 1. The van der Waals surface area contributed by atoms with E-state index in [2.05, 4.69) is 56.7 Å². The second kappa shape index (κ2) is 7.29. The molecule has 23 heavy (non-hydrogen) atoms. The van der Waals surface area contributed by atoms with Gasteiger partial charge in [-0.05, 0) is 46.6 Å². The van der Waals surface area contributed by atoms with Gasteiger partial charge in [0.15, 0.2) is 0 Å². The van der Waals surface area contributed by atoms with Crippen molar-refractivity contribution in [2.24, 2.45) is 12.8 Å². The van der Waals surface area contributed by atoms with Crippen molar-refractivity contribution < 1.29 is 0 Å². The van der Waals surface area contributed by atoms with E-state index in [0.29, 0.717) is 6.54 Å². The molecule has 0 bridgehead atoms. The number of aryl methyl sites for hydroxylation is 1. The summed E-state index contributed by atoms with van der Waals surface area (Å²) in [6, 6.07) is 14.8. The average molecular weight is 391 g/mol. The van der Waals surface area contributed by atoms with Crippen LogP contribution in [0.1, 0.15) is 18.0 Å². The lowest BCUT2D eigenvalue weighted by Crippen LogP contribution is -2.14. The zero-order chi connectivity index (χ0) is 16.2. The minimum absolute atomic E-state index is 0.214. The molecule has 0 aliphatic rings. The van der Waals surface area contributed by atoms with Crippen LogP contribution in [0.15, 0.2) is 53.1 Å². The predicted octanol–water partition coefficient (Wildman–Crippen LogP) is 4.41. The lowest BCUT2D eigenvalue weighted by molar-refractivity contribution is 0.705. The van der Waals surface area contributed by atoms with Crippen LogP contribution in [-0.2, 0) is 7.05 Å². The van der Waals surface area contributed by atoms with Crippen LogP contribution in [0, 0.1) is 0 Å². The fourth-order valence-corrected chi connectivity index (χ4v) is 4.44. The molecule has 120 valence electrons. The molecule has 3 N–H and O–H groups in total. The highest BCUT2D eigenvalue weighted by Gasteiger charge is 2.15. The Balaban J connectivity index is 1.86. The van der Waals surface area contributed by atoms with Crippen molar-refractivity contribution in [3.8, 4) is 10.6 Å². The zero-order valence-corrected chi connectivity index (χ0v) is 15.3. The van der Waals surface area contributed by atoms with E-state index in [1.54, 1.807) is 11.3 Å². The van der Waals surface area contributed by atoms with Crippen LogP contribution in [0.3, 0.4) is 0 Å². The van der Waals surface area contributed by atoms with Gasteiger partial charge in [0.25, 0.3) is 0 Å². The lowest BCUT2D eigenvalue weighted by atomic mass is 10.0. The number of benzene rings is 1. The molecule has 0 saturated carbocycles. The fraction of sp³-hybridized carbons (Fsp3) is 0.235. The fourth-order valence-electron chi connectivity index (χ4n) is 2.56. The first-order valence-electron chi connectivity index (χ1n) is 7.48. The Bertz CT molecular complexity index is 766. The smallest absolute Gasteiger partial charge is 0.0906 e. The number of nitrogens with zero attached hydrogens (tertiary/aromatic N) is 2. The lowest BCUT2D eigenvalue weighted by Gasteiger charge is -2.18. The van der Waals surface area contributed by atoms with Crippen LogP contribution in [0.25, 0.3) is 10.6 Å². The van der Waals surface area contributed by atoms with Crippen LogP contribution in [0.2, 0.25) is 0 Å². The zero-order valence-electron chi connectivity index (χ0n) is 12.9. The summed E-state index contributed by atoms with van der Waals surface area (Å²) in [5, 5.41) is 8.99. The molecule has 3 rings (SSSR count). The largest absolute Gasteiger partial charge is 0.370 e. The standard InChI is InChI=1S/C17H19BrN4S/c1-22-15(8-10-20-22)17-13(18)11-16(23-17)21-14(7-9-19)12-5-3-2-4-6-12/h2-6,8,10-11,14,21H,7,9,19H2,1H3. The molecular weight excluding hydrogens is 372 g/mol. The Labute approximate surface area is 148 Å². The van der Waals surface area contributed by atoms with Gasteiger partial charge < -0.3 is 11.1 Å². The topological polar surface area (TPSA) is 55.9 Å². The maximum Gasteiger partial charge on any atom is 0.0906 e. The summed E-state index contributed by atoms with van der Waals surface area (Å²) >= 11 is 5.38. The number of aromatic nitrogens is 2. The molecule has 0 aliphatic carbocycles. The molecule has 0 spiro atoms. The summed E-state index contributed by atoms with van der Waals surface area (Å²) in [7, 11) is 1.95. The van der Waals surface area contributed by atoms with Gasteiger partial charge in [-0.1, -0.05) is 30.3 Å². The van der Waals surface area contributed by atoms with Crippen molar-refractivity contribution in [2.75, 3.05) is 11.9 Å². The van der Waals surface area contributed by atoms with E-state index >= 15 is 0 Å². The Kier molecular flexibility index (Phi) is 5.15. The van der Waals surface area contributed by atoms with Crippen LogP contribution in [-0.4, -0.2) is 16.3 Å². The van der Waals surface area contributed by atoms with Gasteiger partial charge in [-0.3, -0.25) is 4.68 Å². The third kappa shape index (κ3) is 3.65. The molecule has 0 saturated heterocycles. The van der Waals surface area contributed by atoms with E-state index < -0.39 is 0 Å². The monoisotopic (exact) mass is 390 g/mol. The Morgan fingerprint density at radius 2 is 2.09 bits per heavy atom. The van der Waals surface area contributed by atoms with E-state index in [1.165, 1.54) is 10.4 Å². The maximum absolute atomic E-state index is 5.80. The number of halogens is 1. The van der Waals surface area contributed by atoms with Gasteiger partial charge in [0, 0.05) is 17.7 Å². The highest BCUT2D eigenvalue weighted by molar-refractivity contribution is 9.10. The van der Waals surface area contributed by atoms with Crippen molar-refractivity contribution in [3.05, 3.63) is 58.7 Å². The molecule has 2 aromatic heterocycles. The van der Waals surface area contributed by atoms with Crippen LogP contribution >= 0.6 is 27.3 Å². The number of hydrogen-bond acceptors (Lipinski definition) is 4. The SMILES string of the molecule is Cn1nccc1-c1sc(NC(CCN)c2ccccc2)cc1Br.